The van der Waals surface area contributed by atoms with E-state index in [1.807, 2.05) is 0 Å². The third kappa shape index (κ3) is 0.911. The van der Waals surface area contributed by atoms with Crippen molar-refractivity contribution in [1.82, 2.24) is 0 Å². The molecular formula is C9H14F2. The highest BCUT2D eigenvalue weighted by molar-refractivity contribution is 5.13. The van der Waals surface area contributed by atoms with Crippen LogP contribution >= 0.6 is 0 Å². The molecule has 0 saturated heterocycles. The second-order valence-electron chi connectivity index (χ2n) is 4.53. The quantitative estimate of drug-likeness (QED) is 0.553. The Balaban J connectivity index is 2.13. The van der Waals surface area contributed by atoms with E-state index < -0.39 is 5.92 Å². The number of rotatable bonds is 1. The molecule has 2 atom stereocenters. The maximum atomic E-state index is 12.8. The van der Waals surface area contributed by atoms with Crippen LogP contribution in [0.3, 0.4) is 0 Å². The molecule has 11 heavy (non-hydrogen) atoms. The van der Waals surface area contributed by atoms with Gasteiger partial charge in [0.2, 0.25) is 5.92 Å². The minimum atomic E-state index is -2.34. The Hall–Kier alpha value is -0.140. The first-order valence-electron chi connectivity index (χ1n) is 4.34. The Bertz CT molecular complexity index is 186. The van der Waals surface area contributed by atoms with Gasteiger partial charge >= 0.3 is 0 Å². The van der Waals surface area contributed by atoms with E-state index in [4.69, 9.17) is 0 Å². The van der Waals surface area contributed by atoms with Crippen molar-refractivity contribution in [3.63, 3.8) is 0 Å². The van der Waals surface area contributed by atoms with Gasteiger partial charge in [0.05, 0.1) is 0 Å². The average Bonchev–Trinajstić information content (AvgIpc) is 2.35. The lowest BCUT2D eigenvalue weighted by Crippen LogP contribution is -2.17. The van der Waals surface area contributed by atoms with Crippen LogP contribution in [-0.2, 0) is 0 Å². The molecule has 0 aromatic carbocycles. The zero-order chi connectivity index (χ0) is 8.28. The van der Waals surface area contributed by atoms with Crippen LogP contribution in [0.15, 0.2) is 0 Å². The summed E-state index contributed by atoms with van der Waals surface area (Å²) < 4.78 is 25.7. The molecule has 0 N–H and O–H groups in total. The van der Waals surface area contributed by atoms with Crippen molar-refractivity contribution in [2.75, 3.05) is 0 Å². The highest BCUT2D eigenvalue weighted by Crippen LogP contribution is 2.71. The molecule has 2 heteroatoms. The molecular weight excluding hydrogens is 146 g/mol. The van der Waals surface area contributed by atoms with Crippen LogP contribution in [-0.4, -0.2) is 5.92 Å². The van der Waals surface area contributed by atoms with E-state index >= 15 is 0 Å². The van der Waals surface area contributed by atoms with E-state index in [-0.39, 0.29) is 18.3 Å². The van der Waals surface area contributed by atoms with Gasteiger partial charge in [0.15, 0.2) is 0 Å². The Morgan fingerprint density at radius 1 is 1.27 bits per heavy atom. The molecule has 0 aromatic rings. The van der Waals surface area contributed by atoms with E-state index in [0.717, 1.165) is 6.42 Å². The monoisotopic (exact) mass is 160 g/mol. The third-order valence-corrected chi connectivity index (χ3v) is 3.56. The first-order valence-corrected chi connectivity index (χ1v) is 4.34. The number of alkyl halides is 2. The number of halogens is 2. The number of hydrogen-bond acceptors (Lipinski definition) is 0. The first kappa shape index (κ1) is 7.51. The summed E-state index contributed by atoms with van der Waals surface area (Å²) in [6, 6.07) is 0. The Labute approximate surface area is 66.0 Å². The summed E-state index contributed by atoms with van der Waals surface area (Å²) in [6.07, 6.45) is 1.37. The summed E-state index contributed by atoms with van der Waals surface area (Å²) in [4.78, 5) is 0. The molecule has 2 saturated carbocycles. The van der Waals surface area contributed by atoms with Crippen molar-refractivity contribution in [2.24, 2.45) is 17.3 Å². The lowest BCUT2D eigenvalue weighted by atomic mass is 9.89. The molecule has 2 aliphatic rings. The normalized spacial score (nSPS) is 46.1. The van der Waals surface area contributed by atoms with Crippen molar-refractivity contribution in [2.45, 2.75) is 39.0 Å². The van der Waals surface area contributed by atoms with E-state index in [2.05, 4.69) is 13.8 Å². The van der Waals surface area contributed by atoms with E-state index in [1.165, 1.54) is 0 Å². The highest BCUT2D eigenvalue weighted by atomic mass is 19.3. The Morgan fingerprint density at radius 3 is 2.18 bits per heavy atom. The van der Waals surface area contributed by atoms with Crippen LogP contribution in [0.2, 0.25) is 0 Å². The standard InChI is InChI=1S/C9H14F2/c1-6(2)8-3-7(8)4-9(10,11)5-8/h6-7H,3-5H2,1-2H3/t7?,8-/m0/s1. The second kappa shape index (κ2) is 1.78. The maximum Gasteiger partial charge on any atom is 0.249 e. The Morgan fingerprint density at radius 2 is 1.91 bits per heavy atom. The van der Waals surface area contributed by atoms with Gasteiger partial charge in [0, 0.05) is 12.8 Å². The molecule has 0 aliphatic heterocycles. The largest absolute Gasteiger partial charge is 0.249 e. The fourth-order valence-corrected chi connectivity index (χ4v) is 2.72. The summed E-state index contributed by atoms with van der Waals surface area (Å²) in [5.41, 5.74) is 0.0451. The molecule has 0 bridgehead atoms. The fourth-order valence-electron chi connectivity index (χ4n) is 2.72. The topological polar surface area (TPSA) is 0 Å². The van der Waals surface area contributed by atoms with Gasteiger partial charge in [-0.25, -0.2) is 8.78 Å². The highest BCUT2D eigenvalue weighted by Gasteiger charge is 2.67. The van der Waals surface area contributed by atoms with Crippen LogP contribution < -0.4 is 0 Å². The van der Waals surface area contributed by atoms with Crippen LogP contribution in [0.5, 0.6) is 0 Å². The molecule has 2 fully saturated rings. The van der Waals surface area contributed by atoms with Crippen LogP contribution in [0.4, 0.5) is 8.78 Å². The molecule has 2 rings (SSSR count). The molecule has 0 heterocycles. The summed E-state index contributed by atoms with van der Waals surface area (Å²) in [5, 5.41) is 0. The van der Waals surface area contributed by atoms with Gasteiger partial charge in [-0.05, 0) is 23.7 Å². The fraction of sp³-hybridized carbons (Fsp3) is 1.00. The molecule has 0 nitrogen and oxygen atoms in total. The van der Waals surface area contributed by atoms with Crippen molar-refractivity contribution in [3.8, 4) is 0 Å². The van der Waals surface area contributed by atoms with Crippen LogP contribution in [0.25, 0.3) is 0 Å². The lowest BCUT2D eigenvalue weighted by molar-refractivity contribution is -0.0138. The third-order valence-electron chi connectivity index (χ3n) is 3.56. The maximum absolute atomic E-state index is 12.8. The van der Waals surface area contributed by atoms with Gasteiger partial charge in [-0.1, -0.05) is 13.8 Å². The molecule has 0 amide bonds. The molecule has 0 radical (unpaired) electrons. The van der Waals surface area contributed by atoms with E-state index in [1.54, 1.807) is 0 Å². The molecule has 64 valence electrons. The SMILES string of the molecule is CC(C)[C@@]12CC1CC(F)(F)C2. The number of fused-ring (bicyclic) bond motifs is 1. The smallest absolute Gasteiger partial charge is 0.207 e. The zero-order valence-electron chi connectivity index (χ0n) is 7.03. The van der Waals surface area contributed by atoms with Gasteiger partial charge in [-0.3, -0.25) is 0 Å². The van der Waals surface area contributed by atoms with Crippen molar-refractivity contribution in [3.05, 3.63) is 0 Å². The minimum Gasteiger partial charge on any atom is -0.207 e. The van der Waals surface area contributed by atoms with Gasteiger partial charge in [-0.15, -0.1) is 0 Å². The van der Waals surface area contributed by atoms with E-state index in [0.29, 0.717) is 11.8 Å². The van der Waals surface area contributed by atoms with Gasteiger partial charge in [0.25, 0.3) is 0 Å². The van der Waals surface area contributed by atoms with E-state index in [9.17, 15) is 8.78 Å². The zero-order valence-corrected chi connectivity index (χ0v) is 7.03. The second-order valence-corrected chi connectivity index (χ2v) is 4.53. The van der Waals surface area contributed by atoms with Gasteiger partial charge in [0.1, 0.15) is 0 Å². The molecule has 0 aromatic heterocycles. The minimum absolute atomic E-state index is 0.0451. The summed E-state index contributed by atoms with van der Waals surface area (Å²) >= 11 is 0. The summed E-state index contributed by atoms with van der Waals surface area (Å²) in [7, 11) is 0. The first-order chi connectivity index (χ1) is 4.96. The van der Waals surface area contributed by atoms with Gasteiger partial charge in [-0.2, -0.15) is 0 Å². The molecule has 2 aliphatic carbocycles. The summed E-state index contributed by atoms with van der Waals surface area (Å²) in [6.45, 7) is 4.14. The summed E-state index contributed by atoms with van der Waals surface area (Å²) in [5.74, 6) is -1.55. The molecule has 1 unspecified atom stereocenters. The Kier molecular flexibility index (Phi) is 1.21. The van der Waals surface area contributed by atoms with Crippen LogP contribution in [0, 0.1) is 17.3 Å². The predicted octanol–water partition coefficient (Wildman–Crippen LogP) is 3.08. The molecule has 0 spiro atoms. The van der Waals surface area contributed by atoms with Gasteiger partial charge < -0.3 is 0 Å². The van der Waals surface area contributed by atoms with Crippen molar-refractivity contribution < 1.29 is 8.78 Å². The average molecular weight is 160 g/mol. The van der Waals surface area contributed by atoms with Crippen molar-refractivity contribution in [1.29, 1.82) is 0 Å². The predicted molar refractivity (Wildman–Crippen MR) is 39.6 cm³/mol. The van der Waals surface area contributed by atoms with Crippen molar-refractivity contribution >= 4 is 0 Å². The lowest BCUT2D eigenvalue weighted by Gasteiger charge is -2.19. The number of hydrogen-bond donors (Lipinski definition) is 0. The van der Waals surface area contributed by atoms with Crippen LogP contribution in [0.1, 0.15) is 33.1 Å².